The highest BCUT2D eigenvalue weighted by Crippen LogP contribution is 2.29. The lowest BCUT2D eigenvalue weighted by Gasteiger charge is -2.36. The number of fused-ring (bicyclic) bond motifs is 1. The zero-order valence-electron chi connectivity index (χ0n) is 21.4. The normalized spacial score (nSPS) is 15.3. The van der Waals surface area contributed by atoms with E-state index in [2.05, 4.69) is 5.32 Å². The third-order valence-corrected chi connectivity index (χ3v) is 8.83. The van der Waals surface area contributed by atoms with Crippen LogP contribution < -0.4 is 11.1 Å². The lowest BCUT2D eigenvalue weighted by atomic mass is 9.91. The number of halogens is 1. The van der Waals surface area contributed by atoms with E-state index < -0.39 is 15.9 Å². The van der Waals surface area contributed by atoms with E-state index in [1.807, 2.05) is 6.92 Å². The van der Waals surface area contributed by atoms with E-state index in [1.54, 1.807) is 41.3 Å². The molecule has 5 rings (SSSR count). The molecule has 1 fully saturated rings. The van der Waals surface area contributed by atoms with Crippen molar-refractivity contribution >= 4 is 32.7 Å². The van der Waals surface area contributed by atoms with Gasteiger partial charge in [0.15, 0.2) is 0 Å². The molecule has 4 aromatic rings. The van der Waals surface area contributed by atoms with Crippen molar-refractivity contribution in [2.24, 2.45) is 5.73 Å². The molecule has 3 N–H and O–H groups in total. The number of hydrogen-bond donors (Lipinski definition) is 2. The van der Waals surface area contributed by atoms with Gasteiger partial charge >= 0.3 is 0 Å². The number of carbonyl (C=O) groups is 2. The Bertz CT molecular complexity index is 1640. The van der Waals surface area contributed by atoms with Crippen LogP contribution in [0.4, 0.5) is 4.39 Å². The molecule has 39 heavy (non-hydrogen) atoms. The standard InChI is InChI=1S/C29H29FN4O4S/c1-29(31)14-16-33(17-15-29)28(36)25-19-34(26-5-3-2-4-24(25)26)39(37,38)23-12-8-21(9-13-23)27(35)32-18-20-6-10-22(30)11-7-20/h2-13,19H,14-18,31H2,1H3,(H,32,35). The predicted molar refractivity (Wildman–Crippen MR) is 146 cm³/mol. The minimum atomic E-state index is -4.07. The highest BCUT2D eigenvalue weighted by atomic mass is 32.2. The number of para-hydroxylation sites is 1. The van der Waals surface area contributed by atoms with Gasteiger partial charge in [0.25, 0.3) is 21.8 Å². The summed E-state index contributed by atoms with van der Waals surface area (Å²) in [5, 5.41) is 3.28. The molecule has 0 aliphatic carbocycles. The summed E-state index contributed by atoms with van der Waals surface area (Å²) in [6.45, 7) is 3.17. The summed E-state index contributed by atoms with van der Waals surface area (Å²) in [4.78, 5) is 27.7. The number of piperidine rings is 1. The summed E-state index contributed by atoms with van der Waals surface area (Å²) in [5.41, 5.74) is 7.61. The quantitative estimate of drug-likeness (QED) is 0.379. The second-order valence-electron chi connectivity index (χ2n) is 10.1. The topological polar surface area (TPSA) is 114 Å². The van der Waals surface area contributed by atoms with E-state index in [1.165, 1.54) is 42.6 Å². The highest BCUT2D eigenvalue weighted by molar-refractivity contribution is 7.90. The number of rotatable bonds is 6. The summed E-state index contributed by atoms with van der Waals surface area (Å²) >= 11 is 0. The van der Waals surface area contributed by atoms with Crippen LogP contribution in [0.5, 0.6) is 0 Å². The minimum absolute atomic E-state index is 0.0193. The van der Waals surface area contributed by atoms with Crippen LogP contribution in [0.2, 0.25) is 0 Å². The molecule has 10 heteroatoms. The lowest BCUT2D eigenvalue weighted by Crippen LogP contribution is -2.49. The summed E-state index contributed by atoms with van der Waals surface area (Å²) in [7, 11) is -4.07. The van der Waals surface area contributed by atoms with E-state index in [-0.39, 0.29) is 34.3 Å². The van der Waals surface area contributed by atoms with Crippen molar-refractivity contribution in [3.8, 4) is 0 Å². The van der Waals surface area contributed by atoms with Gasteiger partial charge in [-0.3, -0.25) is 9.59 Å². The van der Waals surface area contributed by atoms with Gasteiger partial charge in [-0.2, -0.15) is 0 Å². The van der Waals surface area contributed by atoms with Gasteiger partial charge in [0.1, 0.15) is 5.82 Å². The molecule has 2 amide bonds. The average Bonchev–Trinajstić information content (AvgIpc) is 3.33. The Kier molecular flexibility index (Phi) is 7.00. The number of hydrogen-bond acceptors (Lipinski definition) is 5. The second kappa shape index (κ2) is 10.3. The smallest absolute Gasteiger partial charge is 0.268 e. The van der Waals surface area contributed by atoms with Gasteiger partial charge in [-0.05, 0) is 67.8 Å². The largest absolute Gasteiger partial charge is 0.348 e. The van der Waals surface area contributed by atoms with Crippen LogP contribution in [0.15, 0.2) is 83.9 Å². The van der Waals surface area contributed by atoms with Gasteiger partial charge in [0.05, 0.1) is 16.0 Å². The number of carbonyl (C=O) groups excluding carboxylic acids is 2. The number of nitrogens with two attached hydrogens (primary N) is 1. The lowest BCUT2D eigenvalue weighted by molar-refractivity contribution is 0.0683. The molecule has 0 spiro atoms. The maximum absolute atomic E-state index is 13.7. The number of likely N-dealkylation sites (tertiary alicyclic amines) is 1. The summed E-state index contributed by atoms with van der Waals surface area (Å²) < 4.78 is 41.5. The maximum atomic E-state index is 13.7. The first-order valence-corrected chi connectivity index (χ1v) is 14.1. The molecular formula is C29H29FN4O4S. The van der Waals surface area contributed by atoms with Crippen molar-refractivity contribution in [3.05, 3.63) is 102 Å². The van der Waals surface area contributed by atoms with Crippen molar-refractivity contribution < 1.29 is 22.4 Å². The van der Waals surface area contributed by atoms with E-state index in [9.17, 15) is 22.4 Å². The van der Waals surface area contributed by atoms with Crippen LogP contribution in [-0.4, -0.2) is 47.7 Å². The predicted octanol–water partition coefficient (Wildman–Crippen LogP) is 3.90. The number of benzene rings is 3. The van der Waals surface area contributed by atoms with Gasteiger partial charge in [-0.15, -0.1) is 0 Å². The Morgan fingerprint density at radius 2 is 1.62 bits per heavy atom. The molecule has 1 aliphatic rings. The van der Waals surface area contributed by atoms with Crippen LogP contribution >= 0.6 is 0 Å². The molecule has 0 unspecified atom stereocenters. The van der Waals surface area contributed by atoms with Crippen molar-refractivity contribution in [3.63, 3.8) is 0 Å². The fourth-order valence-corrected chi connectivity index (χ4v) is 6.06. The molecule has 1 saturated heterocycles. The number of amides is 2. The summed E-state index contributed by atoms with van der Waals surface area (Å²) in [6, 6.07) is 18.3. The second-order valence-corrected chi connectivity index (χ2v) is 12.0. The fourth-order valence-electron chi connectivity index (χ4n) is 4.69. The van der Waals surface area contributed by atoms with Crippen LogP contribution in [0.1, 0.15) is 46.0 Å². The van der Waals surface area contributed by atoms with E-state index in [4.69, 9.17) is 5.73 Å². The zero-order valence-corrected chi connectivity index (χ0v) is 22.2. The Labute approximate surface area is 226 Å². The van der Waals surface area contributed by atoms with Crippen molar-refractivity contribution in [2.45, 2.75) is 36.7 Å². The first kappa shape index (κ1) is 26.6. The summed E-state index contributed by atoms with van der Waals surface area (Å²) in [5.74, 6) is -0.985. The molecule has 8 nitrogen and oxygen atoms in total. The van der Waals surface area contributed by atoms with Crippen LogP contribution in [0.25, 0.3) is 10.9 Å². The van der Waals surface area contributed by atoms with E-state index in [0.717, 1.165) is 9.54 Å². The Morgan fingerprint density at radius 3 is 2.28 bits per heavy atom. The van der Waals surface area contributed by atoms with Gasteiger partial charge in [-0.1, -0.05) is 30.3 Å². The number of aromatic nitrogens is 1. The van der Waals surface area contributed by atoms with E-state index >= 15 is 0 Å². The van der Waals surface area contributed by atoms with Crippen molar-refractivity contribution in [1.82, 2.24) is 14.2 Å². The maximum Gasteiger partial charge on any atom is 0.268 e. The number of nitrogens with zero attached hydrogens (tertiary/aromatic N) is 2. The molecule has 0 radical (unpaired) electrons. The molecule has 0 atom stereocenters. The minimum Gasteiger partial charge on any atom is -0.348 e. The Morgan fingerprint density at radius 1 is 0.974 bits per heavy atom. The molecule has 3 aromatic carbocycles. The molecule has 1 aliphatic heterocycles. The fraction of sp³-hybridized carbons (Fsp3) is 0.241. The molecule has 1 aromatic heterocycles. The molecular weight excluding hydrogens is 519 g/mol. The third-order valence-electron chi connectivity index (χ3n) is 7.14. The first-order valence-electron chi connectivity index (χ1n) is 12.6. The molecule has 2 heterocycles. The van der Waals surface area contributed by atoms with Crippen LogP contribution in [0.3, 0.4) is 0 Å². The van der Waals surface area contributed by atoms with Gasteiger partial charge in [0, 0.05) is 42.3 Å². The molecule has 202 valence electrons. The molecule has 0 bridgehead atoms. The zero-order chi connectivity index (χ0) is 27.8. The van der Waals surface area contributed by atoms with Crippen LogP contribution in [0, 0.1) is 5.82 Å². The van der Waals surface area contributed by atoms with Gasteiger partial charge < -0.3 is 16.0 Å². The van der Waals surface area contributed by atoms with E-state index in [0.29, 0.717) is 42.4 Å². The monoisotopic (exact) mass is 548 g/mol. The average molecular weight is 549 g/mol. The highest BCUT2D eigenvalue weighted by Gasteiger charge is 2.31. The van der Waals surface area contributed by atoms with Gasteiger partial charge in [-0.25, -0.2) is 16.8 Å². The Hall–Kier alpha value is -4.02. The van der Waals surface area contributed by atoms with Gasteiger partial charge in [0.2, 0.25) is 0 Å². The summed E-state index contributed by atoms with van der Waals surface area (Å²) in [6.07, 6.45) is 2.71. The van der Waals surface area contributed by atoms with Crippen molar-refractivity contribution in [2.75, 3.05) is 13.1 Å². The first-order chi connectivity index (χ1) is 18.5. The van der Waals surface area contributed by atoms with Crippen LogP contribution in [-0.2, 0) is 16.6 Å². The Balaban J connectivity index is 1.38. The number of nitrogens with one attached hydrogen (secondary N) is 1. The van der Waals surface area contributed by atoms with Crippen molar-refractivity contribution in [1.29, 1.82) is 0 Å². The third kappa shape index (κ3) is 5.43. The molecule has 0 saturated carbocycles. The SMILES string of the molecule is CC1(N)CCN(C(=O)c2cn(S(=O)(=O)c3ccc(C(=O)NCc4ccc(F)cc4)cc3)c3ccccc23)CC1.